The Labute approximate surface area is 118 Å². The zero-order valence-electron chi connectivity index (χ0n) is 11.8. The minimum absolute atomic E-state index is 0.181. The van der Waals surface area contributed by atoms with E-state index in [-0.39, 0.29) is 23.8 Å². The number of esters is 2. The van der Waals surface area contributed by atoms with E-state index in [1.54, 1.807) is 0 Å². The van der Waals surface area contributed by atoms with Crippen molar-refractivity contribution < 1.29 is 19.1 Å². The molecule has 6 rings (SSSR count). The van der Waals surface area contributed by atoms with Crippen LogP contribution in [-0.4, -0.2) is 26.2 Å². The maximum atomic E-state index is 12.3. The Morgan fingerprint density at radius 2 is 1.15 bits per heavy atom. The summed E-state index contributed by atoms with van der Waals surface area (Å²) in [5.41, 5.74) is 0. The van der Waals surface area contributed by atoms with Crippen molar-refractivity contribution in [2.24, 2.45) is 59.2 Å². The molecular formula is C16H20O4. The second-order valence-electron chi connectivity index (χ2n) is 7.47. The predicted molar refractivity (Wildman–Crippen MR) is 68.2 cm³/mol. The number of hydrogen-bond donors (Lipinski definition) is 0. The molecule has 0 aromatic heterocycles. The Morgan fingerprint density at radius 1 is 0.700 bits per heavy atom. The summed E-state index contributed by atoms with van der Waals surface area (Å²) >= 11 is 0. The maximum absolute atomic E-state index is 12.3. The van der Waals surface area contributed by atoms with Crippen molar-refractivity contribution in [1.82, 2.24) is 0 Å². The number of carbonyl (C=O) groups excluding carboxylic acids is 2. The summed E-state index contributed by atoms with van der Waals surface area (Å²) in [5, 5.41) is 0. The molecule has 0 heterocycles. The van der Waals surface area contributed by atoms with Crippen LogP contribution in [0.1, 0.15) is 12.8 Å². The molecular weight excluding hydrogens is 256 g/mol. The second-order valence-corrected chi connectivity index (χ2v) is 7.47. The second kappa shape index (κ2) is 3.40. The van der Waals surface area contributed by atoms with Gasteiger partial charge in [0.15, 0.2) is 0 Å². The Bertz CT molecular complexity index is 471. The van der Waals surface area contributed by atoms with Gasteiger partial charge in [-0.1, -0.05) is 0 Å². The Kier molecular flexibility index (Phi) is 1.97. The fourth-order valence-corrected chi connectivity index (χ4v) is 7.81. The van der Waals surface area contributed by atoms with E-state index in [9.17, 15) is 9.59 Å². The third-order valence-corrected chi connectivity index (χ3v) is 7.64. The molecule has 4 nitrogen and oxygen atoms in total. The quantitative estimate of drug-likeness (QED) is 0.714. The Balaban J connectivity index is 1.59. The largest absolute Gasteiger partial charge is 0.469 e. The summed E-state index contributed by atoms with van der Waals surface area (Å²) in [6.45, 7) is 0. The molecule has 108 valence electrons. The normalized spacial score (nSPS) is 59.5. The van der Waals surface area contributed by atoms with Crippen molar-refractivity contribution in [3.63, 3.8) is 0 Å². The lowest BCUT2D eigenvalue weighted by molar-refractivity contribution is -0.163. The molecule has 6 fully saturated rings. The van der Waals surface area contributed by atoms with Crippen LogP contribution in [0.3, 0.4) is 0 Å². The fourth-order valence-electron chi connectivity index (χ4n) is 7.81. The first-order valence-electron chi connectivity index (χ1n) is 7.86. The van der Waals surface area contributed by atoms with E-state index in [4.69, 9.17) is 9.47 Å². The van der Waals surface area contributed by atoms with Crippen LogP contribution in [0.5, 0.6) is 0 Å². The highest BCUT2D eigenvalue weighted by Crippen LogP contribution is 2.84. The van der Waals surface area contributed by atoms with Gasteiger partial charge < -0.3 is 9.47 Å². The smallest absolute Gasteiger partial charge is 0.309 e. The first kappa shape index (κ1) is 11.6. The van der Waals surface area contributed by atoms with E-state index in [0.29, 0.717) is 29.6 Å². The highest BCUT2D eigenvalue weighted by atomic mass is 16.5. The minimum atomic E-state index is -0.227. The first-order chi connectivity index (χ1) is 9.70. The van der Waals surface area contributed by atoms with Gasteiger partial charge in [-0.2, -0.15) is 0 Å². The van der Waals surface area contributed by atoms with E-state index >= 15 is 0 Å². The molecule has 2 unspecified atom stereocenters. The molecule has 20 heavy (non-hydrogen) atoms. The zero-order chi connectivity index (χ0) is 13.8. The molecule has 0 saturated heterocycles. The van der Waals surface area contributed by atoms with Crippen LogP contribution in [0.15, 0.2) is 0 Å². The van der Waals surface area contributed by atoms with Crippen LogP contribution >= 0.6 is 0 Å². The molecule has 10 atom stereocenters. The molecule has 0 radical (unpaired) electrons. The first-order valence-corrected chi connectivity index (χ1v) is 7.86. The third-order valence-electron chi connectivity index (χ3n) is 7.64. The molecule has 0 aliphatic heterocycles. The van der Waals surface area contributed by atoms with Gasteiger partial charge in [0.05, 0.1) is 26.1 Å². The van der Waals surface area contributed by atoms with Gasteiger partial charge in [-0.15, -0.1) is 0 Å². The van der Waals surface area contributed by atoms with Crippen LogP contribution in [0, 0.1) is 59.2 Å². The van der Waals surface area contributed by atoms with E-state index in [2.05, 4.69) is 0 Å². The minimum Gasteiger partial charge on any atom is -0.469 e. The molecule has 0 N–H and O–H groups in total. The highest BCUT2D eigenvalue weighted by Gasteiger charge is 2.83. The number of ether oxygens (including phenoxy) is 2. The molecule has 6 aliphatic carbocycles. The number of hydrogen-bond acceptors (Lipinski definition) is 4. The topological polar surface area (TPSA) is 52.6 Å². The summed E-state index contributed by atoms with van der Waals surface area (Å²) in [7, 11) is 2.88. The molecule has 0 aromatic carbocycles. The van der Waals surface area contributed by atoms with Gasteiger partial charge in [0.25, 0.3) is 0 Å². The maximum Gasteiger partial charge on any atom is 0.309 e. The molecule has 6 aliphatic rings. The van der Waals surface area contributed by atoms with Crippen LogP contribution < -0.4 is 0 Å². The average Bonchev–Trinajstić information content (AvgIpc) is 3.23. The summed E-state index contributed by atoms with van der Waals surface area (Å²) in [5.74, 6) is 4.53. The fraction of sp³-hybridized carbons (Fsp3) is 0.875. The van der Waals surface area contributed by atoms with Gasteiger partial charge in [0.2, 0.25) is 0 Å². The van der Waals surface area contributed by atoms with Crippen molar-refractivity contribution in [3.8, 4) is 0 Å². The predicted octanol–water partition coefficient (Wildman–Crippen LogP) is 1.34. The lowest BCUT2D eigenvalue weighted by Gasteiger charge is -2.40. The van der Waals surface area contributed by atoms with Crippen LogP contribution in [0.25, 0.3) is 0 Å². The van der Waals surface area contributed by atoms with Gasteiger partial charge in [-0.25, -0.2) is 0 Å². The van der Waals surface area contributed by atoms with Crippen molar-refractivity contribution in [2.75, 3.05) is 14.2 Å². The van der Waals surface area contributed by atoms with Gasteiger partial charge in [0, 0.05) is 0 Å². The summed E-state index contributed by atoms with van der Waals surface area (Å²) in [6.07, 6.45) is 2.71. The van der Waals surface area contributed by atoms with Crippen molar-refractivity contribution in [1.29, 1.82) is 0 Å². The molecule has 4 heteroatoms. The Morgan fingerprint density at radius 3 is 1.55 bits per heavy atom. The van der Waals surface area contributed by atoms with Gasteiger partial charge >= 0.3 is 11.9 Å². The van der Waals surface area contributed by atoms with E-state index in [1.807, 2.05) is 0 Å². The van der Waals surface area contributed by atoms with E-state index < -0.39 is 0 Å². The van der Waals surface area contributed by atoms with Crippen LogP contribution in [0.2, 0.25) is 0 Å². The number of rotatable bonds is 2. The molecule has 8 bridgehead atoms. The zero-order valence-corrected chi connectivity index (χ0v) is 11.8. The molecule has 0 aromatic rings. The molecule has 6 saturated carbocycles. The third kappa shape index (κ3) is 0.932. The number of carbonyl (C=O) groups is 2. The lowest BCUT2D eigenvalue weighted by Crippen LogP contribution is -2.45. The van der Waals surface area contributed by atoms with Crippen LogP contribution in [0.4, 0.5) is 0 Å². The average molecular weight is 276 g/mol. The Hall–Kier alpha value is -1.06. The van der Waals surface area contributed by atoms with Crippen molar-refractivity contribution in [3.05, 3.63) is 0 Å². The summed E-state index contributed by atoms with van der Waals surface area (Å²) in [4.78, 5) is 24.5. The van der Waals surface area contributed by atoms with E-state index in [1.165, 1.54) is 27.1 Å². The number of methoxy groups -OCH3 is 2. The van der Waals surface area contributed by atoms with Gasteiger partial charge in [-0.05, 0) is 60.2 Å². The SMILES string of the molecule is COC(=O)[C@@H]1[C@H](C(=O)OC)[C@@H]2C3C4[C@@H]5CC[C@@H]4[C@@H]([C@H]31)[C@@H]25. The van der Waals surface area contributed by atoms with Gasteiger partial charge in [0.1, 0.15) is 0 Å². The van der Waals surface area contributed by atoms with Crippen molar-refractivity contribution in [2.45, 2.75) is 12.8 Å². The highest BCUT2D eigenvalue weighted by molar-refractivity contribution is 5.84. The standard InChI is InChI=1S/C16H20O4/c1-19-15(17)13-11-8-5-3-4-6-7(5)10(11)12(9(6)8)14(13)16(18)20-2/h5-14H,3-4H2,1-2H3/t5-,6-,7?,8-,9+,10?,11-,12+,13+,14-/m0/s1. The van der Waals surface area contributed by atoms with E-state index in [0.717, 1.165) is 17.8 Å². The monoisotopic (exact) mass is 276 g/mol. The summed E-state index contributed by atoms with van der Waals surface area (Å²) in [6, 6.07) is 0. The van der Waals surface area contributed by atoms with Gasteiger partial charge in [-0.3, -0.25) is 9.59 Å². The van der Waals surface area contributed by atoms with Crippen LogP contribution in [-0.2, 0) is 19.1 Å². The molecule has 0 spiro atoms. The lowest BCUT2D eigenvalue weighted by atomic mass is 9.63. The van der Waals surface area contributed by atoms with Crippen molar-refractivity contribution >= 4 is 11.9 Å². The molecule has 0 amide bonds. The summed E-state index contributed by atoms with van der Waals surface area (Å²) < 4.78 is 10.0.